The van der Waals surface area contributed by atoms with Gasteiger partial charge in [-0.15, -0.1) is 0 Å². The molecule has 1 saturated heterocycles. The number of nitrogens with zero attached hydrogens (tertiary/aromatic N) is 3. The van der Waals surface area contributed by atoms with Crippen molar-refractivity contribution in [2.75, 3.05) is 31.7 Å². The first-order valence-electron chi connectivity index (χ1n) is 8.03. The van der Waals surface area contributed by atoms with Crippen LogP contribution >= 0.6 is 0 Å². The van der Waals surface area contributed by atoms with Gasteiger partial charge in [0.15, 0.2) is 0 Å². The molecular weight excluding hydrogens is 360 g/mol. The Hall–Kier alpha value is -2.30. The highest BCUT2D eigenvalue weighted by atomic mass is 32.2. The molecule has 1 heterocycles. The van der Waals surface area contributed by atoms with E-state index in [-0.39, 0.29) is 29.4 Å². The van der Waals surface area contributed by atoms with Crippen LogP contribution in [0.25, 0.3) is 0 Å². The van der Waals surface area contributed by atoms with Crippen molar-refractivity contribution in [2.24, 2.45) is 5.10 Å². The van der Waals surface area contributed by atoms with Crippen molar-refractivity contribution in [3.05, 3.63) is 40.0 Å². The van der Waals surface area contributed by atoms with E-state index in [0.717, 1.165) is 11.6 Å². The Morgan fingerprint density at radius 1 is 1.31 bits per heavy atom. The van der Waals surface area contributed by atoms with Gasteiger partial charge in [0.2, 0.25) is 10.0 Å². The molecule has 142 valence electrons. The van der Waals surface area contributed by atoms with Crippen LogP contribution in [0.5, 0.6) is 0 Å². The average Bonchev–Trinajstić information content (AvgIpc) is 2.59. The van der Waals surface area contributed by atoms with Crippen molar-refractivity contribution in [3.63, 3.8) is 0 Å². The second-order valence-corrected chi connectivity index (χ2v) is 7.98. The lowest BCUT2D eigenvalue weighted by Crippen LogP contribution is -2.40. The molecule has 1 aromatic carbocycles. The Kier molecular flexibility index (Phi) is 6.46. The smallest absolute Gasteiger partial charge is 0.295 e. The highest BCUT2D eigenvalue weighted by molar-refractivity contribution is 7.89. The number of benzene rings is 1. The molecule has 1 aliphatic heterocycles. The van der Waals surface area contributed by atoms with Crippen LogP contribution in [0.15, 0.2) is 39.8 Å². The fourth-order valence-corrected chi connectivity index (χ4v) is 3.88. The van der Waals surface area contributed by atoms with Crippen LogP contribution in [0.1, 0.15) is 20.8 Å². The van der Waals surface area contributed by atoms with E-state index in [9.17, 15) is 18.5 Å². The maximum atomic E-state index is 12.7. The lowest BCUT2D eigenvalue weighted by atomic mass is 10.2. The molecule has 0 aromatic heterocycles. The SMILES string of the molecule is CC(C)=C/C(C)=N\Nc1ccc(S(=O)(=O)N2CCOCC2)cc1[N+](=O)[O-]. The Bertz CT molecular complexity index is 838. The number of morpholine rings is 1. The number of nitrogens with one attached hydrogen (secondary N) is 1. The van der Waals surface area contributed by atoms with Gasteiger partial charge in [-0.2, -0.15) is 9.41 Å². The summed E-state index contributed by atoms with van der Waals surface area (Å²) < 4.78 is 31.7. The molecule has 0 unspecified atom stereocenters. The molecule has 1 aromatic rings. The quantitative estimate of drug-likeness (QED) is 0.459. The zero-order valence-corrected chi connectivity index (χ0v) is 15.7. The van der Waals surface area contributed by atoms with Gasteiger partial charge in [-0.05, 0) is 39.0 Å². The summed E-state index contributed by atoms with van der Waals surface area (Å²) in [4.78, 5) is 10.6. The van der Waals surface area contributed by atoms with E-state index in [0.29, 0.717) is 18.9 Å². The first-order valence-corrected chi connectivity index (χ1v) is 9.47. The summed E-state index contributed by atoms with van der Waals surface area (Å²) in [5, 5.41) is 15.4. The number of anilines is 1. The minimum atomic E-state index is -3.81. The third-order valence-corrected chi connectivity index (χ3v) is 5.52. The molecule has 0 amide bonds. The third kappa shape index (κ3) is 4.87. The highest BCUT2D eigenvalue weighted by Crippen LogP contribution is 2.29. The van der Waals surface area contributed by atoms with Crippen molar-refractivity contribution >= 4 is 27.1 Å². The summed E-state index contributed by atoms with van der Waals surface area (Å²) in [5.74, 6) is 0. The predicted molar refractivity (Wildman–Crippen MR) is 98.8 cm³/mol. The van der Waals surface area contributed by atoms with Gasteiger partial charge in [0, 0.05) is 19.2 Å². The fraction of sp³-hybridized carbons (Fsp3) is 0.438. The van der Waals surface area contributed by atoms with Gasteiger partial charge in [0.1, 0.15) is 5.69 Å². The number of hydrazone groups is 1. The highest BCUT2D eigenvalue weighted by Gasteiger charge is 2.28. The van der Waals surface area contributed by atoms with Gasteiger partial charge in [-0.3, -0.25) is 15.5 Å². The molecule has 1 N–H and O–H groups in total. The van der Waals surface area contributed by atoms with Crippen LogP contribution < -0.4 is 5.43 Å². The van der Waals surface area contributed by atoms with Gasteiger partial charge >= 0.3 is 0 Å². The largest absolute Gasteiger partial charge is 0.379 e. The van der Waals surface area contributed by atoms with E-state index in [2.05, 4.69) is 10.5 Å². The number of nitro benzene ring substituents is 1. The van der Waals surface area contributed by atoms with Gasteiger partial charge in [-0.1, -0.05) is 5.57 Å². The van der Waals surface area contributed by atoms with Crippen LogP contribution in [-0.2, 0) is 14.8 Å². The van der Waals surface area contributed by atoms with Gasteiger partial charge < -0.3 is 4.74 Å². The molecule has 1 aliphatic rings. The molecule has 1 fully saturated rings. The minimum absolute atomic E-state index is 0.123. The van der Waals surface area contributed by atoms with E-state index in [1.807, 2.05) is 19.9 Å². The summed E-state index contributed by atoms with van der Waals surface area (Å²) >= 11 is 0. The number of sulfonamides is 1. The molecule has 0 spiro atoms. The normalized spacial score (nSPS) is 16.2. The van der Waals surface area contributed by atoms with Gasteiger partial charge in [-0.25, -0.2) is 8.42 Å². The van der Waals surface area contributed by atoms with Crippen LogP contribution in [0.2, 0.25) is 0 Å². The molecule has 9 nitrogen and oxygen atoms in total. The minimum Gasteiger partial charge on any atom is -0.379 e. The van der Waals surface area contributed by atoms with Crippen molar-refractivity contribution in [1.29, 1.82) is 0 Å². The molecule has 0 bridgehead atoms. The second kappa shape index (κ2) is 8.39. The summed E-state index contributed by atoms with van der Waals surface area (Å²) in [7, 11) is -3.81. The third-order valence-electron chi connectivity index (χ3n) is 3.62. The molecule has 0 radical (unpaired) electrons. The Morgan fingerprint density at radius 3 is 2.54 bits per heavy atom. The number of ether oxygens (including phenoxy) is 1. The Morgan fingerprint density at radius 2 is 1.96 bits per heavy atom. The number of hydrogen-bond acceptors (Lipinski definition) is 7. The van der Waals surface area contributed by atoms with Crippen molar-refractivity contribution < 1.29 is 18.1 Å². The Balaban J connectivity index is 2.34. The second-order valence-electron chi connectivity index (χ2n) is 6.04. The number of hydrogen-bond donors (Lipinski definition) is 1. The van der Waals surface area contributed by atoms with E-state index >= 15 is 0 Å². The molecular formula is C16H22N4O5S. The van der Waals surface area contributed by atoms with Crippen molar-refractivity contribution in [1.82, 2.24) is 4.31 Å². The standard InChI is InChI=1S/C16H22N4O5S/c1-12(2)10-13(3)17-18-15-5-4-14(11-16(15)20(21)22)26(23,24)19-6-8-25-9-7-19/h4-5,10-11,18H,6-9H2,1-3H3/b17-13-. The predicted octanol–water partition coefficient (Wildman–Crippen LogP) is 2.37. The zero-order valence-electron chi connectivity index (χ0n) is 14.9. The summed E-state index contributed by atoms with van der Waals surface area (Å²) in [6.07, 6.45) is 1.82. The van der Waals surface area contributed by atoms with Crippen LogP contribution in [0.3, 0.4) is 0 Å². The molecule has 2 rings (SSSR count). The summed E-state index contributed by atoms with van der Waals surface area (Å²) in [6.45, 7) is 6.63. The van der Waals surface area contributed by atoms with Crippen LogP contribution in [0, 0.1) is 10.1 Å². The monoisotopic (exact) mass is 382 g/mol. The average molecular weight is 382 g/mol. The fourth-order valence-electron chi connectivity index (χ4n) is 2.45. The number of rotatable bonds is 6. The lowest BCUT2D eigenvalue weighted by Gasteiger charge is -2.26. The summed E-state index contributed by atoms with van der Waals surface area (Å²) in [5.41, 5.74) is 4.08. The van der Waals surface area contributed by atoms with Crippen molar-refractivity contribution in [2.45, 2.75) is 25.7 Å². The molecule has 0 atom stereocenters. The molecule has 10 heteroatoms. The van der Waals surface area contributed by atoms with E-state index in [4.69, 9.17) is 4.74 Å². The van der Waals surface area contributed by atoms with Crippen LogP contribution in [0.4, 0.5) is 11.4 Å². The van der Waals surface area contributed by atoms with E-state index in [1.165, 1.54) is 16.4 Å². The lowest BCUT2D eigenvalue weighted by molar-refractivity contribution is -0.384. The molecule has 0 saturated carbocycles. The molecule has 26 heavy (non-hydrogen) atoms. The first kappa shape index (κ1) is 20.0. The van der Waals surface area contributed by atoms with E-state index in [1.54, 1.807) is 6.92 Å². The topological polar surface area (TPSA) is 114 Å². The van der Waals surface area contributed by atoms with Gasteiger partial charge in [0.25, 0.3) is 5.69 Å². The van der Waals surface area contributed by atoms with Crippen molar-refractivity contribution in [3.8, 4) is 0 Å². The zero-order chi connectivity index (χ0) is 19.3. The Labute approximate surface area is 152 Å². The van der Waals surface area contributed by atoms with Crippen LogP contribution in [-0.4, -0.2) is 49.7 Å². The number of allylic oxidation sites excluding steroid dienone is 2. The number of nitro groups is 1. The summed E-state index contributed by atoms with van der Waals surface area (Å²) in [6, 6.07) is 3.75. The molecule has 0 aliphatic carbocycles. The van der Waals surface area contributed by atoms with Gasteiger partial charge in [0.05, 0.1) is 28.7 Å². The maximum absolute atomic E-state index is 12.7. The maximum Gasteiger partial charge on any atom is 0.295 e. The van der Waals surface area contributed by atoms with E-state index < -0.39 is 14.9 Å². The first-order chi connectivity index (χ1) is 12.2.